The number of nitrogens with zero attached hydrogens (tertiary/aromatic N) is 1. The molecule has 1 amide bonds. The fourth-order valence-electron chi connectivity index (χ4n) is 2.57. The van der Waals surface area contributed by atoms with E-state index in [0.717, 1.165) is 21.9 Å². The zero-order valence-electron chi connectivity index (χ0n) is 12.2. The molecule has 4 rings (SSSR count). The van der Waals surface area contributed by atoms with E-state index >= 15 is 0 Å². The Morgan fingerprint density at radius 1 is 1.22 bits per heavy atom. The Balaban J connectivity index is 1.45. The van der Waals surface area contributed by atoms with Crippen molar-refractivity contribution in [3.05, 3.63) is 52.7 Å². The molecular formula is C17H14N2O2S2. The molecule has 3 heterocycles. The second kappa shape index (κ2) is 6.14. The summed E-state index contributed by atoms with van der Waals surface area (Å²) in [5.41, 5.74) is 1.99. The Bertz CT molecular complexity index is 827. The molecule has 1 unspecified atom stereocenters. The number of fused-ring (bicyclic) bond motifs is 1. The van der Waals surface area contributed by atoms with Crippen molar-refractivity contribution in [2.45, 2.75) is 6.42 Å². The molecule has 0 bridgehead atoms. The van der Waals surface area contributed by atoms with Gasteiger partial charge in [0.05, 0.1) is 16.5 Å². The van der Waals surface area contributed by atoms with Crippen LogP contribution in [0.3, 0.4) is 0 Å². The normalized spacial score (nSPS) is 16.4. The van der Waals surface area contributed by atoms with Gasteiger partial charge in [-0.1, -0.05) is 24.3 Å². The third-order valence-electron chi connectivity index (χ3n) is 3.76. The van der Waals surface area contributed by atoms with Crippen molar-refractivity contribution in [2.75, 3.05) is 11.9 Å². The molecule has 0 radical (unpaired) electrons. The van der Waals surface area contributed by atoms with Gasteiger partial charge < -0.3 is 10.1 Å². The zero-order chi connectivity index (χ0) is 15.6. The van der Waals surface area contributed by atoms with E-state index in [0.29, 0.717) is 18.2 Å². The number of para-hydroxylation sites is 1. The van der Waals surface area contributed by atoms with Crippen LogP contribution in [0.1, 0.15) is 5.56 Å². The second-order valence-electron chi connectivity index (χ2n) is 5.32. The first-order valence-corrected chi connectivity index (χ1v) is 9.06. The van der Waals surface area contributed by atoms with Crippen LogP contribution >= 0.6 is 22.7 Å². The molecule has 1 aromatic carbocycles. The molecular weight excluding hydrogens is 328 g/mol. The molecule has 0 saturated carbocycles. The summed E-state index contributed by atoms with van der Waals surface area (Å²) in [6.07, 6.45) is 0.700. The zero-order valence-corrected chi connectivity index (χ0v) is 13.8. The van der Waals surface area contributed by atoms with Crippen molar-refractivity contribution in [1.82, 2.24) is 4.98 Å². The minimum Gasteiger partial charge on any atom is -0.492 e. The number of hydrogen-bond donors (Lipinski definition) is 1. The monoisotopic (exact) mass is 342 g/mol. The number of benzene rings is 1. The maximum atomic E-state index is 12.5. The van der Waals surface area contributed by atoms with E-state index < -0.39 is 0 Å². The van der Waals surface area contributed by atoms with E-state index in [2.05, 4.69) is 10.3 Å². The van der Waals surface area contributed by atoms with Gasteiger partial charge in [0.15, 0.2) is 5.13 Å². The van der Waals surface area contributed by atoms with E-state index in [-0.39, 0.29) is 11.8 Å². The highest BCUT2D eigenvalue weighted by Crippen LogP contribution is 2.30. The number of hydrogen-bond acceptors (Lipinski definition) is 5. The van der Waals surface area contributed by atoms with Crippen LogP contribution in [0.25, 0.3) is 10.6 Å². The van der Waals surface area contributed by atoms with Crippen LogP contribution in [0, 0.1) is 5.92 Å². The summed E-state index contributed by atoms with van der Waals surface area (Å²) in [7, 11) is 0. The number of rotatable bonds is 3. The van der Waals surface area contributed by atoms with Crippen LogP contribution in [-0.2, 0) is 11.2 Å². The van der Waals surface area contributed by atoms with Crippen LogP contribution in [0.5, 0.6) is 5.75 Å². The number of thiophene rings is 1. The summed E-state index contributed by atoms with van der Waals surface area (Å²) in [6.45, 7) is 0.409. The van der Waals surface area contributed by atoms with Gasteiger partial charge in [-0.25, -0.2) is 4.98 Å². The van der Waals surface area contributed by atoms with Crippen molar-refractivity contribution in [1.29, 1.82) is 0 Å². The Labute approximate surface area is 141 Å². The molecule has 1 atom stereocenters. The van der Waals surface area contributed by atoms with Crippen LogP contribution in [-0.4, -0.2) is 17.5 Å². The Kier molecular flexibility index (Phi) is 3.85. The summed E-state index contributed by atoms with van der Waals surface area (Å²) >= 11 is 3.09. The largest absolute Gasteiger partial charge is 0.492 e. The minimum absolute atomic E-state index is 0.0356. The van der Waals surface area contributed by atoms with Gasteiger partial charge in [0.2, 0.25) is 5.91 Å². The molecule has 1 aliphatic rings. The first-order chi connectivity index (χ1) is 11.3. The highest BCUT2D eigenvalue weighted by molar-refractivity contribution is 7.16. The molecule has 0 aliphatic carbocycles. The molecule has 2 aromatic heterocycles. The highest BCUT2D eigenvalue weighted by Gasteiger charge is 2.26. The Morgan fingerprint density at radius 3 is 3.00 bits per heavy atom. The minimum atomic E-state index is -0.181. The van der Waals surface area contributed by atoms with Crippen molar-refractivity contribution < 1.29 is 9.53 Å². The van der Waals surface area contributed by atoms with Crippen molar-refractivity contribution in [2.24, 2.45) is 5.92 Å². The molecule has 1 N–H and O–H groups in total. The molecule has 116 valence electrons. The number of thiazole rings is 1. The number of aromatic nitrogens is 1. The molecule has 0 fully saturated rings. The number of carbonyl (C=O) groups is 1. The molecule has 0 spiro atoms. The molecule has 6 heteroatoms. The fraction of sp³-hybridized carbons (Fsp3) is 0.176. The van der Waals surface area contributed by atoms with Gasteiger partial charge in [-0.3, -0.25) is 4.79 Å². The molecule has 1 aliphatic heterocycles. The van der Waals surface area contributed by atoms with Crippen LogP contribution in [0.15, 0.2) is 47.2 Å². The topological polar surface area (TPSA) is 51.2 Å². The number of ether oxygens (including phenoxy) is 1. The molecule has 0 saturated heterocycles. The quantitative estimate of drug-likeness (QED) is 0.781. The Morgan fingerprint density at radius 2 is 2.13 bits per heavy atom. The Hall–Kier alpha value is -2.18. The average Bonchev–Trinajstić information content (AvgIpc) is 3.25. The average molecular weight is 342 g/mol. The lowest BCUT2D eigenvalue weighted by Crippen LogP contribution is -2.32. The van der Waals surface area contributed by atoms with Gasteiger partial charge in [-0.05, 0) is 29.5 Å². The number of anilines is 1. The lowest BCUT2D eigenvalue weighted by molar-refractivity contribution is -0.121. The van der Waals surface area contributed by atoms with E-state index in [4.69, 9.17) is 4.74 Å². The SMILES string of the molecule is O=C(Nc1nc(-c2cccs2)cs1)C1COc2ccccc2C1. The van der Waals surface area contributed by atoms with Crippen molar-refractivity contribution >= 4 is 33.7 Å². The standard InChI is InChI=1S/C17H14N2O2S2/c20-16(12-8-11-4-1-2-5-14(11)21-9-12)19-17-18-13(10-23-17)15-6-3-7-22-15/h1-7,10,12H,8-9H2,(H,18,19,20). The molecule has 3 aromatic rings. The maximum Gasteiger partial charge on any atom is 0.233 e. The van der Waals surface area contributed by atoms with Gasteiger partial charge >= 0.3 is 0 Å². The van der Waals surface area contributed by atoms with Gasteiger partial charge in [0, 0.05) is 5.38 Å². The number of amides is 1. The molecule has 4 nitrogen and oxygen atoms in total. The van der Waals surface area contributed by atoms with E-state index in [1.54, 1.807) is 11.3 Å². The summed E-state index contributed by atoms with van der Waals surface area (Å²) < 4.78 is 5.68. The first-order valence-electron chi connectivity index (χ1n) is 7.30. The smallest absolute Gasteiger partial charge is 0.233 e. The van der Waals surface area contributed by atoms with Crippen LogP contribution in [0.2, 0.25) is 0 Å². The summed E-state index contributed by atoms with van der Waals surface area (Å²) in [5.74, 6) is 0.663. The number of nitrogens with one attached hydrogen (secondary N) is 1. The summed E-state index contributed by atoms with van der Waals surface area (Å²) in [5, 5.41) is 7.54. The van der Waals surface area contributed by atoms with Gasteiger partial charge in [-0.2, -0.15) is 0 Å². The summed E-state index contributed by atoms with van der Waals surface area (Å²) in [6, 6.07) is 11.9. The second-order valence-corrected chi connectivity index (χ2v) is 7.13. The van der Waals surface area contributed by atoms with Crippen LogP contribution < -0.4 is 10.1 Å². The fourth-order valence-corrected chi connectivity index (χ4v) is 4.05. The highest BCUT2D eigenvalue weighted by atomic mass is 32.1. The van der Waals surface area contributed by atoms with Gasteiger partial charge in [0.25, 0.3) is 0 Å². The lowest BCUT2D eigenvalue weighted by atomic mass is 9.96. The lowest BCUT2D eigenvalue weighted by Gasteiger charge is -2.24. The van der Waals surface area contributed by atoms with Crippen LogP contribution in [0.4, 0.5) is 5.13 Å². The molecule has 23 heavy (non-hydrogen) atoms. The summed E-state index contributed by atoms with van der Waals surface area (Å²) in [4.78, 5) is 18.0. The van der Waals surface area contributed by atoms with E-state index in [9.17, 15) is 4.79 Å². The van der Waals surface area contributed by atoms with Crippen molar-refractivity contribution in [3.8, 4) is 16.3 Å². The van der Waals surface area contributed by atoms with Gasteiger partial charge in [-0.15, -0.1) is 22.7 Å². The van der Waals surface area contributed by atoms with Gasteiger partial charge in [0.1, 0.15) is 12.4 Å². The predicted octanol–water partition coefficient (Wildman–Crippen LogP) is 4.06. The van der Waals surface area contributed by atoms with E-state index in [1.165, 1.54) is 11.3 Å². The predicted molar refractivity (Wildman–Crippen MR) is 93.2 cm³/mol. The third-order valence-corrected chi connectivity index (χ3v) is 5.41. The maximum absolute atomic E-state index is 12.5. The van der Waals surface area contributed by atoms with E-state index in [1.807, 2.05) is 47.2 Å². The first kappa shape index (κ1) is 14.4. The number of carbonyl (C=O) groups excluding carboxylic acids is 1. The van der Waals surface area contributed by atoms with Crippen molar-refractivity contribution in [3.63, 3.8) is 0 Å². The third kappa shape index (κ3) is 3.00.